The van der Waals surface area contributed by atoms with Crippen LogP contribution < -0.4 is 10.6 Å². The monoisotopic (exact) mass is 304 g/mol. The normalized spacial score (nSPS) is 22.8. The summed E-state index contributed by atoms with van der Waals surface area (Å²) in [5.74, 6) is -0.222. The molecular formula is C17H26N3O2+. The molecule has 0 aliphatic carbocycles. The van der Waals surface area contributed by atoms with Crippen LogP contribution in [0.2, 0.25) is 0 Å². The van der Waals surface area contributed by atoms with E-state index in [1.807, 2.05) is 44.3 Å². The molecule has 3 atom stereocenters. The summed E-state index contributed by atoms with van der Waals surface area (Å²) in [5, 5.41) is 0. The minimum Gasteiger partial charge on any atom is -0.369 e. The summed E-state index contributed by atoms with van der Waals surface area (Å²) in [5.41, 5.74) is 6.52. The highest BCUT2D eigenvalue weighted by atomic mass is 16.2. The highest BCUT2D eigenvalue weighted by Gasteiger charge is 2.29. The van der Waals surface area contributed by atoms with Gasteiger partial charge >= 0.3 is 0 Å². The summed E-state index contributed by atoms with van der Waals surface area (Å²) in [6, 6.07) is 10.1. The van der Waals surface area contributed by atoms with Gasteiger partial charge in [-0.05, 0) is 25.3 Å². The molecule has 1 saturated heterocycles. The van der Waals surface area contributed by atoms with Crippen LogP contribution in [-0.2, 0) is 9.59 Å². The second-order valence-electron chi connectivity index (χ2n) is 6.21. The molecule has 0 saturated carbocycles. The van der Waals surface area contributed by atoms with E-state index >= 15 is 0 Å². The number of likely N-dealkylation sites (tertiary alicyclic amines) is 1. The molecule has 5 heteroatoms. The second-order valence-corrected chi connectivity index (χ2v) is 6.21. The third kappa shape index (κ3) is 4.07. The van der Waals surface area contributed by atoms with E-state index in [4.69, 9.17) is 5.73 Å². The fourth-order valence-electron chi connectivity index (χ4n) is 3.06. The van der Waals surface area contributed by atoms with Gasteiger partial charge in [-0.15, -0.1) is 0 Å². The van der Waals surface area contributed by atoms with Gasteiger partial charge in [-0.2, -0.15) is 0 Å². The molecule has 0 bridgehead atoms. The Balaban J connectivity index is 1.92. The summed E-state index contributed by atoms with van der Waals surface area (Å²) in [6.45, 7) is 4.07. The van der Waals surface area contributed by atoms with Crippen molar-refractivity contribution in [2.45, 2.75) is 25.8 Å². The molecule has 1 aromatic rings. The SMILES string of the molecule is C[C@@H](c1ccccc1)N(C)C(=O)C[NH+]1CCC[C@H](C(N)=O)C1. The molecule has 0 radical (unpaired) electrons. The summed E-state index contributed by atoms with van der Waals surface area (Å²) in [7, 11) is 1.84. The lowest BCUT2D eigenvalue weighted by molar-refractivity contribution is -0.899. The van der Waals surface area contributed by atoms with Crippen LogP contribution in [0.1, 0.15) is 31.4 Å². The number of hydrogen-bond acceptors (Lipinski definition) is 2. The van der Waals surface area contributed by atoms with Gasteiger partial charge in [-0.3, -0.25) is 9.59 Å². The fraction of sp³-hybridized carbons (Fsp3) is 0.529. The number of piperidine rings is 1. The number of rotatable bonds is 5. The molecular weight excluding hydrogens is 278 g/mol. The van der Waals surface area contributed by atoms with E-state index in [1.165, 1.54) is 0 Å². The van der Waals surface area contributed by atoms with E-state index in [9.17, 15) is 9.59 Å². The quantitative estimate of drug-likeness (QED) is 0.803. The average molecular weight is 304 g/mol. The zero-order chi connectivity index (χ0) is 16.1. The Bertz CT molecular complexity index is 518. The first-order valence-corrected chi connectivity index (χ1v) is 7.92. The fourth-order valence-corrected chi connectivity index (χ4v) is 3.06. The van der Waals surface area contributed by atoms with Gasteiger partial charge in [-0.25, -0.2) is 0 Å². The van der Waals surface area contributed by atoms with Gasteiger partial charge in [0.1, 0.15) is 0 Å². The average Bonchev–Trinajstić information content (AvgIpc) is 2.54. The molecule has 3 N–H and O–H groups in total. The van der Waals surface area contributed by atoms with Crippen LogP contribution in [0.5, 0.6) is 0 Å². The van der Waals surface area contributed by atoms with Crippen molar-refractivity contribution >= 4 is 11.8 Å². The largest absolute Gasteiger partial charge is 0.369 e. The highest BCUT2D eigenvalue weighted by molar-refractivity contribution is 5.78. The lowest BCUT2D eigenvalue weighted by Gasteiger charge is -2.31. The lowest BCUT2D eigenvalue weighted by Crippen LogP contribution is -3.14. The van der Waals surface area contributed by atoms with Crippen molar-refractivity contribution in [2.24, 2.45) is 11.7 Å². The molecule has 1 heterocycles. The molecule has 22 heavy (non-hydrogen) atoms. The molecule has 1 aromatic carbocycles. The zero-order valence-electron chi connectivity index (χ0n) is 13.4. The van der Waals surface area contributed by atoms with E-state index in [0.29, 0.717) is 13.1 Å². The molecule has 1 unspecified atom stereocenters. The number of carbonyl (C=O) groups is 2. The molecule has 0 spiro atoms. The summed E-state index contributed by atoms with van der Waals surface area (Å²) < 4.78 is 0. The number of quaternary nitrogens is 1. The van der Waals surface area contributed by atoms with Gasteiger partial charge in [0, 0.05) is 7.05 Å². The van der Waals surface area contributed by atoms with Gasteiger partial charge in [0.2, 0.25) is 5.91 Å². The third-order valence-corrected chi connectivity index (χ3v) is 4.68. The van der Waals surface area contributed by atoms with Gasteiger partial charge in [0.15, 0.2) is 6.54 Å². The number of nitrogens with two attached hydrogens (primary N) is 1. The number of amides is 2. The summed E-state index contributed by atoms with van der Waals surface area (Å²) >= 11 is 0. The van der Waals surface area contributed by atoms with Crippen molar-refractivity contribution in [1.29, 1.82) is 0 Å². The van der Waals surface area contributed by atoms with Crippen LogP contribution >= 0.6 is 0 Å². The number of nitrogens with one attached hydrogen (secondary N) is 1. The standard InChI is InChI=1S/C17H25N3O2/c1-13(14-7-4-3-5-8-14)19(2)16(21)12-20-10-6-9-15(11-20)17(18)22/h3-5,7-8,13,15H,6,9-12H2,1-2H3,(H2,18,22)/p+1/t13-,15-/m0/s1. The molecule has 1 aliphatic rings. The predicted octanol–water partition coefficient (Wildman–Crippen LogP) is -0.0138. The van der Waals surface area contributed by atoms with Crippen LogP contribution in [0, 0.1) is 5.92 Å². The highest BCUT2D eigenvalue weighted by Crippen LogP contribution is 2.17. The van der Waals surface area contributed by atoms with Gasteiger partial charge in [0.05, 0.1) is 25.0 Å². The van der Waals surface area contributed by atoms with Crippen molar-refractivity contribution in [3.8, 4) is 0 Å². The third-order valence-electron chi connectivity index (χ3n) is 4.68. The van der Waals surface area contributed by atoms with E-state index in [-0.39, 0.29) is 23.8 Å². The molecule has 120 valence electrons. The van der Waals surface area contributed by atoms with Crippen molar-refractivity contribution in [3.05, 3.63) is 35.9 Å². The Morgan fingerprint density at radius 2 is 2.05 bits per heavy atom. The Hall–Kier alpha value is -1.88. The Morgan fingerprint density at radius 3 is 2.68 bits per heavy atom. The first-order valence-electron chi connectivity index (χ1n) is 7.92. The lowest BCUT2D eigenvalue weighted by atomic mass is 9.97. The molecule has 1 fully saturated rings. The van der Waals surface area contributed by atoms with Crippen LogP contribution in [0.3, 0.4) is 0 Å². The van der Waals surface area contributed by atoms with Crippen molar-refractivity contribution in [1.82, 2.24) is 4.90 Å². The topological polar surface area (TPSA) is 67.8 Å². The molecule has 2 rings (SSSR count). The van der Waals surface area contributed by atoms with Gasteiger partial charge in [-0.1, -0.05) is 30.3 Å². The molecule has 1 aliphatic heterocycles. The smallest absolute Gasteiger partial charge is 0.278 e. The molecule has 2 amide bonds. The minimum absolute atomic E-state index is 0.0461. The number of carbonyl (C=O) groups excluding carboxylic acids is 2. The maximum absolute atomic E-state index is 12.5. The van der Waals surface area contributed by atoms with Crippen LogP contribution in [0.25, 0.3) is 0 Å². The van der Waals surface area contributed by atoms with Crippen molar-refractivity contribution in [3.63, 3.8) is 0 Å². The van der Waals surface area contributed by atoms with Gasteiger partial charge in [0.25, 0.3) is 5.91 Å². The maximum Gasteiger partial charge on any atom is 0.278 e. The summed E-state index contributed by atoms with van der Waals surface area (Å²) in [4.78, 5) is 26.8. The Labute approximate surface area is 132 Å². The minimum atomic E-state index is -0.240. The van der Waals surface area contributed by atoms with Crippen molar-refractivity contribution in [2.75, 3.05) is 26.7 Å². The van der Waals surface area contributed by atoms with Crippen LogP contribution in [-0.4, -0.2) is 43.4 Å². The molecule has 5 nitrogen and oxygen atoms in total. The van der Waals surface area contributed by atoms with Crippen LogP contribution in [0.4, 0.5) is 0 Å². The number of nitrogens with zero attached hydrogens (tertiary/aromatic N) is 1. The first-order chi connectivity index (χ1) is 10.5. The van der Waals surface area contributed by atoms with E-state index in [0.717, 1.165) is 29.8 Å². The Morgan fingerprint density at radius 1 is 1.36 bits per heavy atom. The number of hydrogen-bond donors (Lipinski definition) is 2. The maximum atomic E-state index is 12.5. The number of primary amides is 1. The van der Waals surface area contributed by atoms with Crippen LogP contribution in [0.15, 0.2) is 30.3 Å². The Kier molecular flexibility index (Phi) is 5.55. The van der Waals surface area contributed by atoms with E-state index < -0.39 is 0 Å². The van der Waals surface area contributed by atoms with E-state index in [1.54, 1.807) is 4.90 Å². The summed E-state index contributed by atoms with van der Waals surface area (Å²) in [6.07, 6.45) is 1.80. The van der Waals surface area contributed by atoms with E-state index in [2.05, 4.69) is 0 Å². The van der Waals surface area contributed by atoms with Gasteiger partial charge < -0.3 is 15.5 Å². The number of benzene rings is 1. The van der Waals surface area contributed by atoms with Crippen molar-refractivity contribution < 1.29 is 14.5 Å². The zero-order valence-corrected chi connectivity index (χ0v) is 13.4. The first kappa shape index (κ1) is 16.5. The molecule has 0 aromatic heterocycles. The number of likely N-dealkylation sites (N-methyl/N-ethyl adjacent to an activating group) is 1. The second kappa shape index (κ2) is 7.40. The predicted molar refractivity (Wildman–Crippen MR) is 85.1 cm³/mol.